The van der Waals surface area contributed by atoms with Crippen LogP contribution < -0.4 is 22.3 Å². The molecule has 2 heterocycles. The third kappa shape index (κ3) is 3.38. The number of nitrogens with two attached hydrogens (primary N) is 1. The molecule has 128 valence electrons. The minimum atomic E-state index is -0.627. The quantitative estimate of drug-likeness (QED) is 0.637. The molecule has 1 unspecified atom stereocenters. The molecule has 1 aliphatic rings. The Labute approximate surface area is 137 Å². The summed E-state index contributed by atoms with van der Waals surface area (Å²) in [5, 5.41) is 3.13. The Morgan fingerprint density at radius 1 is 1.29 bits per heavy atom. The van der Waals surface area contributed by atoms with E-state index < -0.39 is 11.2 Å². The van der Waals surface area contributed by atoms with Crippen LogP contribution in [0.25, 0.3) is 11.0 Å². The zero-order chi connectivity index (χ0) is 17.1. The largest absolute Gasteiger partial charge is 0.348 e. The first-order valence-corrected chi connectivity index (χ1v) is 8.22. The van der Waals surface area contributed by atoms with Crippen LogP contribution in [-0.2, 0) is 0 Å². The molecule has 0 bridgehead atoms. The lowest BCUT2D eigenvalue weighted by Gasteiger charge is -2.30. The van der Waals surface area contributed by atoms with E-state index in [-0.39, 0.29) is 28.5 Å². The number of carbonyl (C=O) groups is 1. The number of aromatic amines is 2. The normalized spacial score (nSPS) is 16.9. The summed E-state index contributed by atoms with van der Waals surface area (Å²) in [4.78, 5) is 44.1. The number of amides is 1. The molecule has 1 saturated carbocycles. The second-order valence-corrected chi connectivity index (χ2v) is 6.24. The summed E-state index contributed by atoms with van der Waals surface area (Å²) < 4.78 is 0. The number of hydrogen-bond acceptors (Lipinski definition) is 5. The molecule has 5 N–H and O–H groups in total. The molecule has 1 amide bonds. The molecule has 24 heavy (non-hydrogen) atoms. The van der Waals surface area contributed by atoms with Crippen molar-refractivity contribution in [2.45, 2.75) is 38.1 Å². The molecule has 8 heteroatoms. The van der Waals surface area contributed by atoms with Crippen molar-refractivity contribution in [2.75, 3.05) is 6.54 Å². The van der Waals surface area contributed by atoms with Crippen LogP contribution >= 0.6 is 0 Å². The summed E-state index contributed by atoms with van der Waals surface area (Å²) in [6.45, 7) is 0.380. The van der Waals surface area contributed by atoms with Gasteiger partial charge >= 0.3 is 5.69 Å². The number of rotatable bonds is 4. The fourth-order valence-corrected chi connectivity index (χ4v) is 3.33. The fourth-order valence-electron chi connectivity index (χ4n) is 3.33. The Kier molecular flexibility index (Phi) is 4.75. The van der Waals surface area contributed by atoms with Gasteiger partial charge < -0.3 is 11.1 Å². The lowest BCUT2D eigenvalue weighted by Crippen LogP contribution is -2.46. The van der Waals surface area contributed by atoms with E-state index in [0.717, 1.165) is 25.7 Å². The van der Waals surface area contributed by atoms with E-state index in [0.29, 0.717) is 12.5 Å². The molecule has 0 saturated heterocycles. The maximum absolute atomic E-state index is 12.5. The van der Waals surface area contributed by atoms with E-state index in [1.54, 1.807) is 0 Å². The molecule has 0 aliphatic heterocycles. The van der Waals surface area contributed by atoms with Gasteiger partial charge in [0.15, 0.2) is 0 Å². The zero-order valence-corrected chi connectivity index (χ0v) is 13.3. The Morgan fingerprint density at radius 3 is 2.75 bits per heavy atom. The molecule has 0 spiro atoms. The number of pyridine rings is 1. The van der Waals surface area contributed by atoms with Gasteiger partial charge in [-0.05, 0) is 24.8 Å². The van der Waals surface area contributed by atoms with Crippen LogP contribution in [-0.4, -0.2) is 33.4 Å². The van der Waals surface area contributed by atoms with E-state index in [9.17, 15) is 14.4 Å². The average molecular weight is 331 g/mol. The highest BCUT2D eigenvalue weighted by Gasteiger charge is 2.24. The molecule has 0 radical (unpaired) electrons. The Hall–Kier alpha value is -2.48. The van der Waals surface area contributed by atoms with E-state index in [4.69, 9.17) is 5.73 Å². The summed E-state index contributed by atoms with van der Waals surface area (Å²) in [5.41, 5.74) is 5.07. The molecule has 0 aromatic carbocycles. The summed E-state index contributed by atoms with van der Waals surface area (Å²) in [6, 6.07) is 1.35. The third-order valence-electron chi connectivity index (χ3n) is 4.64. The molecule has 1 aliphatic carbocycles. The standard InChI is InChI=1S/C16H21N5O3/c17-7-12(9-4-2-1-3-5-9)19-14(22)10-6-11-13(18-8-10)20-16(24)21-15(11)23/h6,8-9,12H,1-5,7,17H2,(H,19,22)(H2,18,20,21,23,24). The van der Waals surface area contributed by atoms with Crippen molar-refractivity contribution < 1.29 is 4.79 Å². The van der Waals surface area contributed by atoms with E-state index in [1.807, 2.05) is 0 Å². The predicted octanol–water partition coefficient (Wildman–Crippen LogP) is 0.249. The number of nitrogens with zero attached hydrogens (tertiary/aromatic N) is 1. The van der Waals surface area contributed by atoms with E-state index in [1.165, 1.54) is 18.7 Å². The van der Waals surface area contributed by atoms with Crippen molar-refractivity contribution >= 4 is 16.9 Å². The molecular weight excluding hydrogens is 310 g/mol. The number of aromatic nitrogens is 3. The lowest BCUT2D eigenvalue weighted by atomic mass is 9.84. The lowest BCUT2D eigenvalue weighted by molar-refractivity contribution is 0.0915. The number of nitrogens with one attached hydrogen (secondary N) is 3. The van der Waals surface area contributed by atoms with Crippen molar-refractivity contribution in [3.05, 3.63) is 38.7 Å². The predicted molar refractivity (Wildman–Crippen MR) is 89.9 cm³/mol. The van der Waals surface area contributed by atoms with E-state index in [2.05, 4.69) is 20.3 Å². The maximum Gasteiger partial charge on any atom is 0.327 e. The minimum absolute atomic E-state index is 0.0811. The van der Waals surface area contributed by atoms with Crippen molar-refractivity contribution in [1.29, 1.82) is 0 Å². The summed E-state index contributed by atoms with van der Waals surface area (Å²) >= 11 is 0. The Bertz CT molecular complexity index is 851. The van der Waals surface area contributed by atoms with Gasteiger partial charge in [0.2, 0.25) is 0 Å². The SMILES string of the molecule is NCC(NC(=O)c1cnc2[nH]c(=O)[nH]c(=O)c2c1)C1CCCCC1. The van der Waals surface area contributed by atoms with Crippen molar-refractivity contribution in [3.63, 3.8) is 0 Å². The second kappa shape index (κ2) is 6.96. The van der Waals surface area contributed by atoms with Gasteiger partial charge in [0.1, 0.15) is 5.65 Å². The molecule has 2 aromatic rings. The molecule has 1 fully saturated rings. The van der Waals surface area contributed by atoms with Gasteiger partial charge in [-0.1, -0.05) is 19.3 Å². The highest BCUT2D eigenvalue weighted by Crippen LogP contribution is 2.26. The number of hydrogen-bond donors (Lipinski definition) is 4. The van der Waals surface area contributed by atoms with Crippen molar-refractivity contribution in [3.8, 4) is 0 Å². The number of carbonyl (C=O) groups excluding carboxylic acids is 1. The van der Waals surface area contributed by atoms with Gasteiger partial charge in [-0.25, -0.2) is 9.78 Å². The van der Waals surface area contributed by atoms with Crippen LogP contribution in [0.3, 0.4) is 0 Å². The molecule has 2 aromatic heterocycles. The summed E-state index contributed by atoms with van der Waals surface area (Å²) in [7, 11) is 0. The van der Waals surface area contributed by atoms with Gasteiger partial charge in [-0.15, -0.1) is 0 Å². The number of H-pyrrole nitrogens is 2. The minimum Gasteiger partial charge on any atom is -0.348 e. The van der Waals surface area contributed by atoms with Crippen LogP contribution in [0.4, 0.5) is 0 Å². The first-order valence-electron chi connectivity index (χ1n) is 8.22. The highest BCUT2D eigenvalue weighted by molar-refractivity contribution is 5.96. The van der Waals surface area contributed by atoms with Gasteiger partial charge in [0, 0.05) is 18.8 Å². The van der Waals surface area contributed by atoms with Crippen LogP contribution in [0.1, 0.15) is 42.5 Å². The fraction of sp³-hybridized carbons (Fsp3) is 0.500. The first kappa shape index (κ1) is 16.4. The van der Waals surface area contributed by atoms with Crippen molar-refractivity contribution in [2.24, 2.45) is 11.7 Å². The van der Waals surface area contributed by atoms with E-state index >= 15 is 0 Å². The zero-order valence-electron chi connectivity index (χ0n) is 13.3. The molecule has 8 nitrogen and oxygen atoms in total. The third-order valence-corrected chi connectivity index (χ3v) is 4.64. The molecule has 3 rings (SSSR count). The Morgan fingerprint density at radius 2 is 2.04 bits per heavy atom. The van der Waals surface area contributed by atoms with Crippen LogP contribution in [0.2, 0.25) is 0 Å². The van der Waals surface area contributed by atoms with Crippen LogP contribution in [0.5, 0.6) is 0 Å². The first-order chi connectivity index (χ1) is 11.6. The number of fused-ring (bicyclic) bond motifs is 1. The van der Waals surface area contributed by atoms with Crippen LogP contribution in [0.15, 0.2) is 21.9 Å². The van der Waals surface area contributed by atoms with Gasteiger partial charge in [0.25, 0.3) is 11.5 Å². The van der Waals surface area contributed by atoms with Gasteiger partial charge in [-0.2, -0.15) is 0 Å². The van der Waals surface area contributed by atoms with Gasteiger partial charge in [0.05, 0.1) is 10.9 Å². The second-order valence-electron chi connectivity index (χ2n) is 6.24. The maximum atomic E-state index is 12.5. The summed E-state index contributed by atoms with van der Waals surface area (Å²) in [5.74, 6) is 0.0805. The summed E-state index contributed by atoms with van der Waals surface area (Å²) in [6.07, 6.45) is 7.05. The van der Waals surface area contributed by atoms with Gasteiger partial charge in [-0.3, -0.25) is 19.6 Å². The topological polar surface area (TPSA) is 134 Å². The smallest absolute Gasteiger partial charge is 0.327 e. The van der Waals surface area contributed by atoms with Crippen LogP contribution in [0, 0.1) is 5.92 Å². The highest BCUT2D eigenvalue weighted by atomic mass is 16.2. The molecular formula is C16H21N5O3. The monoisotopic (exact) mass is 331 g/mol. The average Bonchev–Trinajstić information content (AvgIpc) is 2.59. The molecule has 1 atom stereocenters. The Balaban J connectivity index is 1.82. The van der Waals surface area contributed by atoms with Crippen molar-refractivity contribution in [1.82, 2.24) is 20.3 Å².